The van der Waals surface area contributed by atoms with Crippen molar-refractivity contribution in [2.75, 3.05) is 11.9 Å². The number of pyridine rings is 1. The van der Waals surface area contributed by atoms with Gasteiger partial charge in [-0.15, -0.1) is 0 Å². The molecule has 2 aromatic rings. The molecule has 0 saturated carbocycles. The molecule has 1 aromatic carbocycles. The molecule has 17 heavy (non-hydrogen) atoms. The standard InChI is InChI=1S/C13H14Br2N2/c1-3-9-7-12(16-4-2)10-5-8(14)6-11(15)13(10)17-9/h5-7H,3-4H2,1-2H3,(H,16,17). The van der Waals surface area contributed by atoms with Crippen LogP contribution in [0.1, 0.15) is 19.5 Å². The predicted octanol–water partition coefficient (Wildman–Crippen LogP) is 4.75. The number of halogens is 2. The molecule has 1 heterocycles. The van der Waals surface area contributed by atoms with Gasteiger partial charge in [0.05, 0.1) is 5.52 Å². The third-order valence-corrected chi connectivity index (χ3v) is 3.68. The topological polar surface area (TPSA) is 24.9 Å². The zero-order valence-corrected chi connectivity index (χ0v) is 13.0. The molecule has 2 nitrogen and oxygen atoms in total. The summed E-state index contributed by atoms with van der Waals surface area (Å²) in [5.74, 6) is 0. The van der Waals surface area contributed by atoms with Gasteiger partial charge in [0.2, 0.25) is 0 Å². The van der Waals surface area contributed by atoms with E-state index in [9.17, 15) is 0 Å². The van der Waals surface area contributed by atoms with E-state index in [0.29, 0.717) is 0 Å². The van der Waals surface area contributed by atoms with Crippen LogP contribution < -0.4 is 5.32 Å². The van der Waals surface area contributed by atoms with Crippen LogP contribution in [0.4, 0.5) is 5.69 Å². The third kappa shape index (κ3) is 2.63. The zero-order valence-electron chi connectivity index (χ0n) is 9.85. The molecule has 0 fully saturated rings. The Kier molecular flexibility index (Phi) is 4.05. The van der Waals surface area contributed by atoms with Crippen LogP contribution in [-0.4, -0.2) is 11.5 Å². The number of fused-ring (bicyclic) bond motifs is 1. The summed E-state index contributed by atoms with van der Waals surface area (Å²) in [6, 6.07) is 6.26. The minimum atomic E-state index is 0.909. The highest BCUT2D eigenvalue weighted by Crippen LogP contribution is 2.32. The van der Waals surface area contributed by atoms with E-state index in [0.717, 1.165) is 44.2 Å². The third-order valence-electron chi connectivity index (χ3n) is 2.61. The number of rotatable bonds is 3. The predicted molar refractivity (Wildman–Crippen MR) is 80.7 cm³/mol. The van der Waals surface area contributed by atoms with Gasteiger partial charge < -0.3 is 5.32 Å². The summed E-state index contributed by atoms with van der Waals surface area (Å²) in [5.41, 5.74) is 3.27. The lowest BCUT2D eigenvalue weighted by atomic mass is 10.1. The number of nitrogens with one attached hydrogen (secondary N) is 1. The summed E-state index contributed by atoms with van der Waals surface area (Å²) >= 11 is 7.09. The highest BCUT2D eigenvalue weighted by atomic mass is 79.9. The van der Waals surface area contributed by atoms with Crippen molar-refractivity contribution in [1.82, 2.24) is 4.98 Å². The lowest BCUT2D eigenvalue weighted by Crippen LogP contribution is -2.00. The molecule has 2 rings (SSSR count). The van der Waals surface area contributed by atoms with Crippen molar-refractivity contribution >= 4 is 48.5 Å². The molecule has 0 aliphatic heterocycles. The van der Waals surface area contributed by atoms with Gasteiger partial charge in [-0.1, -0.05) is 22.9 Å². The molecule has 0 aliphatic carbocycles. The van der Waals surface area contributed by atoms with E-state index in [4.69, 9.17) is 0 Å². The Morgan fingerprint density at radius 3 is 2.59 bits per heavy atom. The molecule has 4 heteroatoms. The minimum Gasteiger partial charge on any atom is -0.385 e. The lowest BCUT2D eigenvalue weighted by molar-refractivity contribution is 1.05. The smallest absolute Gasteiger partial charge is 0.0868 e. The van der Waals surface area contributed by atoms with Crippen LogP contribution in [-0.2, 0) is 6.42 Å². The van der Waals surface area contributed by atoms with Gasteiger partial charge in [0.25, 0.3) is 0 Å². The Labute approximate surface area is 118 Å². The van der Waals surface area contributed by atoms with Gasteiger partial charge in [-0.2, -0.15) is 0 Å². The van der Waals surface area contributed by atoms with Crippen molar-refractivity contribution < 1.29 is 0 Å². The number of aryl methyl sites for hydroxylation is 1. The fourth-order valence-electron chi connectivity index (χ4n) is 1.82. The van der Waals surface area contributed by atoms with Gasteiger partial charge in [-0.3, -0.25) is 4.98 Å². The Morgan fingerprint density at radius 2 is 1.94 bits per heavy atom. The van der Waals surface area contributed by atoms with E-state index in [1.165, 1.54) is 0 Å². The molecular formula is C13H14Br2N2. The van der Waals surface area contributed by atoms with Gasteiger partial charge in [-0.05, 0) is 47.5 Å². The van der Waals surface area contributed by atoms with Crippen molar-refractivity contribution in [3.05, 3.63) is 32.8 Å². The number of anilines is 1. The van der Waals surface area contributed by atoms with Crippen molar-refractivity contribution in [3.8, 4) is 0 Å². The summed E-state index contributed by atoms with van der Waals surface area (Å²) in [6.45, 7) is 5.13. The summed E-state index contributed by atoms with van der Waals surface area (Å²) in [5, 5.41) is 4.54. The molecule has 1 aromatic heterocycles. The van der Waals surface area contributed by atoms with Crippen molar-refractivity contribution in [3.63, 3.8) is 0 Å². The molecule has 0 amide bonds. The quantitative estimate of drug-likeness (QED) is 0.856. The average Bonchev–Trinajstić information content (AvgIpc) is 2.30. The van der Waals surface area contributed by atoms with Crippen LogP contribution in [0.3, 0.4) is 0 Å². The molecule has 0 bridgehead atoms. The fraction of sp³-hybridized carbons (Fsp3) is 0.308. The van der Waals surface area contributed by atoms with E-state index in [1.54, 1.807) is 0 Å². The number of aromatic nitrogens is 1. The summed E-state index contributed by atoms with van der Waals surface area (Å²) in [4.78, 5) is 4.67. The van der Waals surface area contributed by atoms with E-state index < -0.39 is 0 Å². The normalized spacial score (nSPS) is 10.8. The Bertz CT molecular complexity index is 553. The SMILES string of the molecule is CCNc1cc(CC)nc2c(Br)cc(Br)cc12. The molecule has 0 aliphatic rings. The molecular weight excluding hydrogens is 344 g/mol. The Balaban J connectivity index is 2.76. The van der Waals surface area contributed by atoms with Crippen molar-refractivity contribution in [2.45, 2.75) is 20.3 Å². The summed E-state index contributed by atoms with van der Waals surface area (Å²) in [6.07, 6.45) is 0.941. The maximum Gasteiger partial charge on any atom is 0.0868 e. The van der Waals surface area contributed by atoms with Gasteiger partial charge in [0.1, 0.15) is 0 Å². The van der Waals surface area contributed by atoms with Crippen LogP contribution >= 0.6 is 31.9 Å². The second kappa shape index (κ2) is 5.36. The minimum absolute atomic E-state index is 0.909. The van der Waals surface area contributed by atoms with Crippen molar-refractivity contribution in [1.29, 1.82) is 0 Å². The first-order valence-corrected chi connectivity index (χ1v) is 7.26. The highest BCUT2D eigenvalue weighted by Gasteiger charge is 2.08. The molecule has 0 atom stereocenters. The highest BCUT2D eigenvalue weighted by molar-refractivity contribution is 9.11. The van der Waals surface area contributed by atoms with Gasteiger partial charge in [0.15, 0.2) is 0 Å². The zero-order chi connectivity index (χ0) is 12.4. The molecule has 0 radical (unpaired) electrons. The Hall–Kier alpha value is -0.610. The van der Waals surface area contributed by atoms with Crippen LogP contribution in [0.5, 0.6) is 0 Å². The number of benzene rings is 1. The summed E-state index contributed by atoms with van der Waals surface area (Å²) < 4.78 is 2.08. The van der Waals surface area contributed by atoms with Crippen LogP contribution in [0, 0.1) is 0 Å². The molecule has 1 N–H and O–H groups in total. The van der Waals surface area contributed by atoms with Gasteiger partial charge in [-0.25, -0.2) is 0 Å². The van der Waals surface area contributed by atoms with E-state index in [-0.39, 0.29) is 0 Å². The first-order chi connectivity index (χ1) is 8.15. The first kappa shape index (κ1) is 12.8. The Morgan fingerprint density at radius 1 is 1.18 bits per heavy atom. The summed E-state index contributed by atoms with van der Waals surface area (Å²) in [7, 11) is 0. The van der Waals surface area contributed by atoms with E-state index in [2.05, 4.69) is 68.1 Å². The number of hydrogen-bond acceptors (Lipinski definition) is 2. The first-order valence-electron chi connectivity index (χ1n) is 5.68. The van der Waals surface area contributed by atoms with Gasteiger partial charge in [0, 0.05) is 32.3 Å². The van der Waals surface area contributed by atoms with E-state index >= 15 is 0 Å². The second-order valence-corrected chi connectivity index (χ2v) is 5.60. The number of hydrogen-bond donors (Lipinski definition) is 1. The van der Waals surface area contributed by atoms with Crippen LogP contribution in [0.15, 0.2) is 27.1 Å². The molecule has 90 valence electrons. The van der Waals surface area contributed by atoms with Gasteiger partial charge >= 0.3 is 0 Å². The number of nitrogens with zero attached hydrogens (tertiary/aromatic N) is 1. The lowest BCUT2D eigenvalue weighted by Gasteiger charge is -2.11. The van der Waals surface area contributed by atoms with E-state index in [1.807, 2.05) is 6.07 Å². The maximum absolute atomic E-state index is 4.67. The average molecular weight is 358 g/mol. The molecule has 0 unspecified atom stereocenters. The van der Waals surface area contributed by atoms with Crippen LogP contribution in [0.2, 0.25) is 0 Å². The maximum atomic E-state index is 4.67. The monoisotopic (exact) mass is 356 g/mol. The van der Waals surface area contributed by atoms with Crippen LogP contribution in [0.25, 0.3) is 10.9 Å². The molecule has 0 spiro atoms. The largest absolute Gasteiger partial charge is 0.385 e. The fourth-order valence-corrected chi connectivity index (χ4v) is 3.14. The molecule has 0 saturated heterocycles. The second-order valence-electron chi connectivity index (χ2n) is 3.83. The van der Waals surface area contributed by atoms with Crippen molar-refractivity contribution in [2.24, 2.45) is 0 Å².